The molecule has 2 N–H and O–H groups in total. The van der Waals surface area contributed by atoms with Gasteiger partial charge in [0, 0.05) is 36.9 Å². The Hall–Kier alpha value is -4.66. The van der Waals surface area contributed by atoms with E-state index in [-0.39, 0.29) is 5.91 Å². The van der Waals surface area contributed by atoms with E-state index in [1.807, 2.05) is 0 Å². The van der Waals surface area contributed by atoms with Gasteiger partial charge in [0.05, 0.1) is 42.7 Å². The van der Waals surface area contributed by atoms with Crippen molar-refractivity contribution in [1.29, 1.82) is 5.26 Å². The van der Waals surface area contributed by atoms with Crippen LogP contribution in [0.2, 0.25) is 0 Å². The molecule has 3 aromatic carbocycles. The predicted octanol–water partition coefficient (Wildman–Crippen LogP) is 4.32. The fourth-order valence-electron chi connectivity index (χ4n) is 3.67. The van der Waals surface area contributed by atoms with Crippen molar-refractivity contribution in [1.82, 2.24) is 10.3 Å². The first-order valence-corrected chi connectivity index (χ1v) is 12.6. The molecule has 4 rings (SSSR count). The van der Waals surface area contributed by atoms with Gasteiger partial charge in [-0.15, -0.1) is 0 Å². The summed E-state index contributed by atoms with van der Waals surface area (Å²) in [6.07, 6.45) is -1.07. The Morgan fingerprint density at radius 3 is 2.33 bits per heavy atom. The highest BCUT2D eigenvalue weighted by Gasteiger charge is 2.25. The second kappa shape index (κ2) is 12.7. The second-order valence-electron chi connectivity index (χ2n) is 8.19. The molecule has 0 aliphatic rings. The molecule has 0 radical (unpaired) electrons. The quantitative estimate of drug-likeness (QED) is 0.266. The van der Waals surface area contributed by atoms with Crippen molar-refractivity contribution < 1.29 is 28.5 Å². The number of carbonyl (C=O) groups excluding carboxylic acids is 2. The van der Waals surface area contributed by atoms with Crippen LogP contribution < -0.4 is 24.8 Å². The smallest absolute Gasteiger partial charge is 0.271 e. The molecule has 4 aromatic rings. The SMILES string of the molecule is COCCNC(=O)c1ccc(C(Oc2ccc(C#N)cc2)C(=O)Nc2nc3cc(OC)c(OC)cc3s2)cc1. The summed E-state index contributed by atoms with van der Waals surface area (Å²) in [6, 6.07) is 18.6. The molecule has 1 atom stereocenters. The normalized spacial score (nSPS) is 11.3. The third-order valence-corrected chi connectivity index (χ3v) is 6.60. The molecule has 0 aliphatic carbocycles. The van der Waals surface area contributed by atoms with Crippen molar-refractivity contribution in [2.75, 3.05) is 39.8 Å². The Morgan fingerprint density at radius 1 is 1.00 bits per heavy atom. The number of methoxy groups -OCH3 is 3. The van der Waals surface area contributed by atoms with Crippen LogP contribution in [0.1, 0.15) is 27.6 Å². The highest BCUT2D eigenvalue weighted by molar-refractivity contribution is 7.22. The average molecular weight is 547 g/mol. The maximum absolute atomic E-state index is 13.5. The lowest BCUT2D eigenvalue weighted by molar-refractivity contribution is -0.123. The van der Waals surface area contributed by atoms with Gasteiger partial charge in [-0.2, -0.15) is 5.26 Å². The molecular formula is C28H26N4O6S. The third kappa shape index (κ3) is 6.62. The van der Waals surface area contributed by atoms with Gasteiger partial charge in [0.2, 0.25) is 6.10 Å². The highest BCUT2D eigenvalue weighted by atomic mass is 32.1. The van der Waals surface area contributed by atoms with Gasteiger partial charge in [0.25, 0.3) is 11.8 Å². The fourth-order valence-corrected chi connectivity index (χ4v) is 4.55. The molecule has 200 valence electrons. The summed E-state index contributed by atoms with van der Waals surface area (Å²) in [7, 11) is 4.65. The van der Waals surface area contributed by atoms with Crippen LogP contribution in [0.5, 0.6) is 17.2 Å². The van der Waals surface area contributed by atoms with E-state index in [1.165, 1.54) is 11.3 Å². The van der Waals surface area contributed by atoms with Crippen LogP contribution in [0.3, 0.4) is 0 Å². The fraction of sp³-hybridized carbons (Fsp3) is 0.214. The Bertz CT molecular complexity index is 1450. The lowest BCUT2D eigenvalue weighted by Crippen LogP contribution is -2.27. The molecule has 2 amide bonds. The first-order chi connectivity index (χ1) is 18.9. The first kappa shape index (κ1) is 27.4. The van der Waals surface area contributed by atoms with Crippen molar-refractivity contribution in [3.05, 3.63) is 77.4 Å². The number of nitrogens with one attached hydrogen (secondary N) is 2. The largest absolute Gasteiger partial charge is 0.493 e. The van der Waals surface area contributed by atoms with Crippen molar-refractivity contribution in [2.45, 2.75) is 6.10 Å². The topological polar surface area (TPSA) is 132 Å². The minimum absolute atomic E-state index is 0.257. The van der Waals surface area contributed by atoms with E-state index >= 15 is 0 Å². The Kier molecular flexibility index (Phi) is 8.94. The molecule has 11 heteroatoms. The standard InChI is InChI=1S/C28H26N4O6S/c1-35-13-12-30-26(33)19-8-6-18(7-9-19)25(38-20-10-4-17(16-29)5-11-20)27(34)32-28-31-21-14-22(36-2)23(37-3)15-24(21)39-28/h4-11,14-15,25H,12-13H2,1-3H3,(H,30,33)(H,31,32,34). The number of ether oxygens (including phenoxy) is 4. The number of amides is 2. The number of aromatic nitrogens is 1. The lowest BCUT2D eigenvalue weighted by atomic mass is 10.1. The zero-order chi connectivity index (χ0) is 27.8. The molecule has 1 aromatic heterocycles. The summed E-state index contributed by atoms with van der Waals surface area (Å²) in [5.74, 6) is 0.762. The zero-order valence-electron chi connectivity index (χ0n) is 21.5. The molecule has 0 fully saturated rings. The number of anilines is 1. The number of hydrogen-bond donors (Lipinski definition) is 2. The van der Waals surface area contributed by atoms with Crippen LogP contribution in [0, 0.1) is 11.3 Å². The van der Waals surface area contributed by atoms with Crippen molar-refractivity contribution in [3.8, 4) is 23.3 Å². The summed E-state index contributed by atoms with van der Waals surface area (Å²) in [5.41, 5.74) is 2.06. The van der Waals surface area contributed by atoms with Gasteiger partial charge >= 0.3 is 0 Å². The molecule has 0 saturated heterocycles. The van der Waals surface area contributed by atoms with E-state index in [2.05, 4.69) is 21.7 Å². The monoisotopic (exact) mass is 546 g/mol. The summed E-state index contributed by atoms with van der Waals surface area (Å²) in [5, 5.41) is 15.1. The van der Waals surface area contributed by atoms with E-state index in [1.54, 1.807) is 82.0 Å². The van der Waals surface area contributed by atoms with E-state index in [9.17, 15) is 9.59 Å². The van der Waals surface area contributed by atoms with Gasteiger partial charge in [0.1, 0.15) is 5.75 Å². The number of hydrogen-bond acceptors (Lipinski definition) is 9. The Morgan fingerprint density at radius 2 is 1.69 bits per heavy atom. The van der Waals surface area contributed by atoms with Gasteiger partial charge < -0.3 is 24.3 Å². The third-order valence-electron chi connectivity index (χ3n) is 5.67. The highest BCUT2D eigenvalue weighted by Crippen LogP contribution is 2.36. The molecule has 10 nitrogen and oxygen atoms in total. The second-order valence-corrected chi connectivity index (χ2v) is 9.22. The summed E-state index contributed by atoms with van der Waals surface area (Å²) in [6.45, 7) is 0.777. The van der Waals surface area contributed by atoms with Crippen molar-refractivity contribution in [2.24, 2.45) is 0 Å². The van der Waals surface area contributed by atoms with Crippen LogP contribution in [0.4, 0.5) is 5.13 Å². The number of thiazole rings is 1. The van der Waals surface area contributed by atoms with Crippen molar-refractivity contribution >= 4 is 38.5 Å². The molecular weight excluding hydrogens is 520 g/mol. The average Bonchev–Trinajstić information content (AvgIpc) is 3.36. The first-order valence-electron chi connectivity index (χ1n) is 11.8. The zero-order valence-corrected chi connectivity index (χ0v) is 22.3. The summed E-state index contributed by atoms with van der Waals surface area (Å²) in [4.78, 5) is 30.4. The Balaban J connectivity index is 1.59. The summed E-state index contributed by atoms with van der Waals surface area (Å²) >= 11 is 1.28. The maximum atomic E-state index is 13.5. The van der Waals surface area contributed by atoms with E-state index in [0.29, 0.717) is 57.7 Å². The van der Waals surface area contributed by atoms with Gasteiger partial charge in [-0.05, 0) is 36.4 Å². The van der Waals surface area contributed by atoms with Crippen LogP contribution in [0.25, 0.3) is 10.2 Å². The molecule has 39 heavy (non-hydrogen) atoms. The van der Waals surface area contributed by atoms with E-state index in [4.69, 9.17) is 24.2 Å². The number of carbonyl (C=O) groups is 2. The number of nitriles is 1. The molecule has 1 unspecified atom stereocenters. The van der Waals surface area contributed by atoms with Gasteiger partial charge in [0.15, 0.2) is 16.6 Å². The molecule has 0 saturated carbocycles. The molecule has 0 aliphatic heterocycles. The number of benzene rings is 3. The van der Waals surface area contributed by atoms with Gasteiger partial charge in [-0.3, -0.25) is 14.9 Å². The van der Waals surface area contributed by atoms with Gasteiger partial charge in [-0.1, -0.05) is 23.5 Å². The van der Waals surface area contributed by atoms with Crippen LogP contribution in [0.15, 0.2) is 60.7 Å². The number of rotatable bonds is 11. The van der Waals surface area contributed by atoms with Crippen LogP contribution in [-0.4, -0.2) is 51.3 Å². The van der Waals surface area contributed by atoms with Crippen molar-refractivity contribution in [3.63, 3.8) is 0 Å². The minimum atomic E-state index is -1.07. The van der Waals surface area contributed by atoms with Gasteiger partial charge in [-0.25, -0.2) is 4.98 Å². The van der Waals surface area contributed by atoms with Crippen LogP contribution >= 0.6 is 11.3 Å². The Labute approximate surface area is 229 Å². The molecule has 0 spiro atoms. The number of nitrogens with zero attached hydrogens (tertiary/aromatic N) is 2. The summed E-state index contributed by atoms with van der Waals surface area (Å²) < 4.78 is 22.5. The van der Waals surface area contributed by atoms with Crippen LogP contribution in [-0.2, 0) is 9.53 Å². The molecule has 1 heterocycles. The minimum Gasteiger partial charge on any atom is -0.493 e. The predicted molar refractivity (Wildman–Crippen MR) is 147 cm³/mol. The number of fused-ring (bicyclic) bond motifs is 1. The molecule has 0 bridgehead atoms. The lowest BCUT2D eigenvalue weighted by Gasteiger charge is -2.19. The van der Waals surface area contributed by atoms with E-state index in [0.717, 1.165) is 4.70 Å². The van der Waals surface area contributed by atoms with E-state index < -0.39 is 12.0 Å². The maximum Gasteiger partial charge on any atom is 0.271 e.